The van der Waals surface area contributed by atoms with Crippen molar-refractivity contribution in [3.05, 3.63) is 47.6 Å². The number of thioether (sulfide) groups is 1. The van der Waals surface area contributed by atoms with E-state index < -0.39 is 0 Å². The summed E-state index contributed by atoms with van der Waals surface area (Å²) in [5.41, 5.74) is 1.02. The molecule has 0 spiro atoms. The number of hydrogen-bond donors (Lipinski definition) is 0. The number of halogens is 1. The zero-order valence-electron chi connectivity index (χ0n) is 7.80. The lowest BCUT2D eigenvalue weighted by atomic mass is 10.3. The molecule has 2 aromatic rings. The van der Waals surface area contributed by atoms with Crippen molar-refractivity contribution in [3.63, 3.8) is 0 Å². The molecule has 2 heterocycles. The molecule has 3 nitrogen and oxygen atoms in total. The van der Waals surface area contributed by atoms with Gasteiger partial charge in [0.25, 0.3) is 0 Å². The smallest absolute Gasteiger partial charge is 0.133 e. The van der Waals surface area contributed by atoms with Crippen LogP contribution in [0.4, 0.5) is 0 Å². The van der Waals surface area contributed by atoms with Gasteiger partial charge in [0.05, 0.1) is 5.03 Å². The van der Waals surface area contributed by atoms with E-state index in [1.165, 1.54) is 6.33 Å². The Kier molecular flexibility index (Phi) is 3.53. The summed E-state index contributed by atoms with van der Waals surface area (Å²) in [7, 11) is 0. The molecule has 0 N–H and O–H groups in total. The highest BCUT2D eigenvalue weighted by atomic mass is 35.5. The van der Waals surface area contributed by atoms with E-state index in [0.717, 1.165) is 16.3 Å². The van der Waals surface area contributed by atoms with Crippen molar-refractivity contribution in [1.82, 2.24) is 15.0 Å². The van der Waals surface area contributed by atoms with Gasteiger partial charge >= 0.3 is 0 Å². The maximum Gasteiger partial charge on any atom is 0.133 e. The minimum absolute atomic E-state index is 0.555. The molecule has 0 aromatic carbocycles. The molecule has 0 unspecified atom stereocenters. The molecular weight excluding hydrogens is 230 g/mol. The van der Waals surface area contributed by atoms with Gasteiger partial charge < -0.3 is 0 Å². The molecule has 0 atom stereocenters. The lowest BCUT2D eigenvalue weighted by Gasteiger charge is -2.01. The molecule has 0 amide bonds. The van der Waals surface area contributed by atoms with Crippen LogP contribution in [0.15, 0.2) is 41.9 Å². The highest BCUT2D eigenvalue weighted by Crippen LogP contribution is 2.23. The average Bonchev–Trinajstić information content (AvgIpc) is 2.29. The largest absolute Gasteiger partial charge is 0.245 e. The van der Waals surface area contributed by atoms with Crippen LogP contribution in [-0.4, -0.2) is 15.0 Å². The minimum atomic E-state index is 0.555. The van der Waals surface area contributed by atoms with Crippen LogP contribution < -0.4 is 0 Å². The molecule has 0 aliphatic heterocycles. The SMILES string of the molecule is Clc1ncccc1CSc1ccncn1. The summed E-state index contributed by atoms with van der Waals surface area (Å²) in [6.45, 7) is 0. The molecule has 2 rings (SSSR count). The van der Waals surface area contributed by atoms with Gasteiger partial charge in [-0.3, -0.25) is 0 Å². The summed E-state index contributed by atoms with van der Waals surface area (Å²) in [5, 5.41) is 1.49. The Labute approximate surface area is 96.9 Å². The Bertz CT molecular complexity index is 436. The summed E-state index contributed by atoms with van der Waals surface area (Å²) in [5.74, 6) is 0.768. The fourth-order valence-electron chi connectivity index (χ4n) is 1.04. The van der Waals surface area contributed by atoms with E-state index in [2.05, 4.69) is 15.0 Å². The van der Waals surface area contributed by atoms with Gasteiger partial charge in [0.1, 0.15) is 11.5 Å². The summed E-state index contributed by atoms with van der Waals surface area (Å²) < 4.78 is 0. The molecule has 76 valence electrons. The predicted octanol–water partition coefficient (Wildman–Crippen LogP) is 2.82. The molecule has 0 saturated carbocycles. The van der Waals surface area contributed by atoms with Gasteiger partial charge in [-0.25, -0.2) is 15.0 Å². The number of aromatic nitrogens is 3. The van der Waals surface area contributed by atoms with Crippen LogP contribution in [0, 0.1) is 0 Å². The number of rotatable bonds is 3. The van der Waals surface area contributed by atoms with Gasteiger partial charge in [0, 0.05) is 18.1 Å². The quantitative estimate of drug-likeness (QED) is 0.468. The van der Waals surface area contributed by atoms with Gasteiger partial charge in [0.15, 0.2) is 0 Å². The van der Waals surface area contributed by atoms with Crippen LogP contribution in [0.1, 0.15) is 5.56 Å². The zero-order chi connectivity index (χ0) is 10.5. The van der Waals surface area contributed by atoms with Crippen LogP contribution in [-0.2, 0) is 5.75 Å². The Morgan fingerprint density at radius 3 is 2.87 bits per heavy atom. The molecule has 0 radical (unpaired) electrons. The summed E-state index contributed by atoms with van der Waals surface area (Å²) >= 11 is 7.55. The molecule has 2 aromatic heterocycles. The maximum atomic E-state index is 5.93. The minimum Gasteiger partial charge on any atom is -0.245 e. The molecule has 0 bridgehead atoms. The van der Waals surface area contributed by atoms with Crippen molar-refractivity contribution in [2.24, 2.45) is 0 Å². The second kappa shape index (κ2) is 5.09. The van der Waals surface area contributed by atoms with E-state index in [-0.39, 0.29) is 0 Å². The molecule has 0 fully saturated rings. The van der Waals surface area contributed by atoms with E-state index in [4.69, 9.17) is 11.6 Å². The van der Waals surface area contributed by atoms with E-state index in [1.54, 1.807) is 24.2 Å². The number of pyridine rings is 1. The van der Waals surface area contributed by atoms with Crippen molar-refractivity contribution in [2.75, 3.05) is 0 Å². The van der Waals surface area contributed by atoms with Gasteiger partial charge in [0.2, 0.25) is 0 Å². The second-order valence-electron chi connectivity index (χ2n) is 2.79. The third kappa shape index (κ3) is 2.91. The summed E-state index contributed by atoms with van der Waals surface area (Å²) in [6.07, 6.45) is 4.94. The van der Waals surface area contributed by atoms with Crippen LogP contribution in [0.2, 0.25) is 5.15 Å². The molecule has 0 saturated heterocycles. The van der Waals surface area contributed by atoms with Gasteiger partial charge in [-0.15, -0.1) is 11.8 Å². The zero-order valence-corrected chi connectivity index (χ0v) is 9.37. The molecule has 15 heavy (non-hydrogen) atoms. The van der Waals surface area contributed by atoms with E-state index in [9.17, 15) is 0 Å². The van der Waals surface area contributed by atoms with Crippen LogP contribution >= 0.6 is 23.4 Å². The normalized spacial score (nSPS) is 10.2. The van der Waals surface area contributed by atoms with Crippen molar-refractivity contribution >= 4 is 23.4 Å². The van der Waals surface area contributed by atoms with Crippen LogP contribution in [0.5, 0.6) is 0 Å². The first-order valence-electron chi connectivity index (χ1n) is 4.34. The van der Waals surface area contributed by atoms with Crippen molar-refractivity contribution < 1.29 is 0 Å². The Balaban J connectivity index is 2.03. The maximum absolute atomic E-state index is 5.93. The average molecular weight is 238 g/mol. The lowest BCUT2D eigenvalue weighted by molar-refractivity contribution is 1.05. The first kappa shape index (κ1) is 10.4. The highest BCUT2D eigenvalue weighted by molar-refractivity contribution is 7.98. The van der Waals surface area contributed by atoms with Crippen molar-refractivity contribution in [1.29, 1.82) is 0 Å². The van der Waals surface area contributed by atoms with Crippen LogP contribution in [0.3, 0.4) is 0 Å². The third-order valence-electron chi connectivity index (χ3n) is 1.77. The van der Waals surface area contributed by atoms with Crippen LogP contribution in [0.25, 0.3) is 0 Å². The Morgan fingerprint density at radius 2 is 2.13 bits per heavy atom. The van der Waals surface area contributed by atoms with Crippen molar-refractivity contribution in [2.45, 2.75) is 10.8 Å². The molecule has 0 aliphatic carbocycles. The Morgan fingerprint density at radius 1 is 1.20 bits per heavy atom. The first-order valence-corrected chi connectivity index (χ1v) is 5.71. The first-order chi connectivity index (χ1) is 7.36. The fourth-order valence-corrected chi connectivity index (χ4v) is 2.12. The van der Waals surface area contributed by atoms with Gasteiger partial charge in [-0.05, 0) is 17.7 Å². The fraction of sp³-hybridized carbons (Fsp3) is 0.100. The van der Waals surface area contributed by atoms with Gasteiger partial charge in [-0.2, -0.15) is 0 Å². The topological polar surface area (TPSA) is 38.7 Å². The standard InChI is InChI=1S/C10H8ClN3S/c11-10-8(2-1-4-13-10)6-15-9-3-5-12-7-14-9/h1-5,7H,6H2. The summed E-state index contributed by atoms with van der Waals surface area (Å²) in [6, 6.07) is 5.71. The monoisotopic (exact) mass is 237 g/mol. The van der Waals surface area contributed by atoms with Crippen molar-refractivity contribution in [3.8, 4) is 0 Å². The predicted molar refractivity (Wildman–Crippen MR) is 60.8 cm³/mol. The third-order valence-corrected chi connectivity index (χ3v) is 3.10. The Hall–Kier alpha value is -1.13. The van der Waals surface area contributed by atoms with E-state index in [1.807, 2.05) is 18.2 Å². The molecular formula is C10H8ClN3S. The number of nitrogens with zero attached hydrogens (tertiary/aromatic N) is 3. The lowest BCUT2D eigenvalue weighted by Crippen LogP contribution is -1.86. The molecule has 5 heteroatoms. The number of hydrogen-bond acceptors (Lipinski definition) is 4. The highest BCUT2D eigenvalue weighted by Gasteiger charge is 2.01. The molecule has 0 aliphatic rings. The van der Waals surface area contributed by atoms with E-state index in [0.29, 0.717) is 5.15 Å². The van der Waals surface area contributed by atoms with Gasteiger partial charge in [-0.1, -0.05) is 17.7 Å². The summed E-state index contributed by atoms with van der Waals surface area (Å²) in [4.78, 5) is 12.0. The second-order valence-corrected chi connectivity index (χ2v) is 4.14. The van der Waals surface area contributed by atoms with E-state index >= 15 is 0 Å².